The summed E-state index contributed by atoms with van der Waals surface area (Å²) in [5.74, 6) is 0.419. The van der Waals surface area contributed by atoms with Crippen LogP contribution in [-0.4, -0.2) is 7.11 Å². The van der Waals surface area contributed by atoms with E-state index in [1.165, 1.54) is 16.7 Å². The second-order valence-corrected chi connectivity index (χ2v) is 7.72. The number of halogens is 2. The van der Waals surface area contributed by atoms with Gasteiger partial charge in [-0.25, -0.2) is 4.39 Å². The fourth-order valence-electron chi connectivity index (χ4n) is 3.82. The maximum absolute atomic E-state index is 14.7. The molecule has 0 aromatic heterocycles. The van der Waals surface area contributed by atoms with Crippen molar-refractivity contribution in [1.82, 2.24) is 0 Å². The second-order valence-electron chi connectivity index (χ2n) is 6.87. The zero-order valence-corrected chi connectivity index (χ0v) is 15.9. The van der Waals surface area contributed by atoms with Gasteiger partial charge in [0.05, 0.1) is 11.6 Å². The minimum absolute atomic E-state index is 0.104. The first kappa shape index (κ1) is 16.3. The number of methoxy groups -OCH3 is 1. The van der Waals surface area contributed by atoms with Crippen molar-refractivity contribution in [3.8, 4) is 28.0 Å². The van der Waals surface area contributed by atoms with E-state index in [-0.39, 0.29) is 11.2 Å². The Hall–Kier alpha value is -2.13. The second kappa shape index (κ2) is 5.70. The van der Waals surface area contributed by atoms with E-state index in [1.54, 1.807) is 19.2 Å². The van der Waals surface area contributed by atoms with Crippen molar-refractivity contribution in [2.24, 2.45) is 0 Å². The molecular weight excluding hydrogens is 379 g/mol. The average molecular weight is 397 g/mol. The van der Waals surface area contributed by atoms with Gasteiger partial charge in [0.25, 0.3) is 0 Å². The summed E-state index contributed by atoms with van der Waals surface area (Å²) in [6.07, 6.45) is 0. The van der Waals surface area contributed by atoms with Crippen LogP contribution in [0.15, 0.2) is 59.1 Å². The predicted octanol–water partition coefficient (Wildman–Crippen LogP) is 6.57. The lowest BCUT2D eigenvalue weighted by atomic mass is 9.82. The fraction of sp³-hybridized carbons (Fsp3) is 0.182. The highest BCUT2D eigenvalue weighted by Gasteiger charge is 2.36. The van der Waals surface area contributed by atoms with Crippen LogP contribution in [0.5, 0.6) is 5.75 Å². The molecule has 0 bridgehead atoms. The van der Waals surface area contributed by atoms with Crippen LogP contribution in [0.2, 0.25) is 0 Å². The summed E-state index contributed by atoms with van der Waals surface area (Å²) >= 11 is 3.28. The quantitative estimate of drug-likeness (QED) is 0.475. The molecule has 0 aliphatic heterocycles. The smallest absolute Gasteiger partial charge is 0.145 e. The van der Waals surface area contributed by atoms with Crippen molar-refractivity contribution in [3.05, 3.63) is 76.0 Å². The molecule has 1 aliphatic carbocycles. The van der Waals surface area contributed by atoms with Gasteiger partial charge in [0.2, 0.25) is 0 Å². The van der Waals surface area contributed by atoms with Crippen molar-refractivity contribution in [2.45, 2.75) is 19.3 Å². The molecule has 0 spiro atoms. The summed E-state index contributed by atoms with van der Waals surface area (Å²) in [4.78, 5) is 0. The lowest BCUT2D eigenvalue weighted by molar-refractivity contribution is 0.415. The lowest BCUT2D eigenvalue weighted by Crippen LogP contribution is -2.15. The molecule has 25 heavy (non-hydrogen) atoms. The molecule has 4 rings (SSSR count). The van der Waals surface area contributed by atoms with Crippen molar-refractivity contribution in [3.63, 3.8) is 0 Å². The SMILES string of the molecule is COc1cc2c(cc1-c1cccc(Br)c1F)-c1ccccc1C2(C)C. The van der Waals surface area contributed by atoms with Crippen molar-refractivity contribution in [2.75, 3.05) is 7.11 Å². The van der Waals surface area contributed by atoms with Crippen LogP contribution in [0.3, 0.4) is 0 Å². The standard InChI is InChI=1S/C22H18BrFO/c1-22(2)17-9-5-4-7-13(17)15-11-16(20(25-3)12-18(15)22)14-8-6-10-19(23)21(14)24/h4-12H,1-3H3. The third-order valence-electron chi connectivity index (χ3n) is 5.15. The Bertz CT molecular complexity index is 991. The first-order valence-electron chi connectivity index (χ1n) is 8.22. The van der Waals surface area contributed by atoms with E-state index in [0.29, 0.717) is 15.8 Å². The van der Waals surface area contributed by atoms with E-state index in [4.69, 9.17) is 4.74 Å². The maximum Gasteiger partial charge on any atom is 0.145 e. The molecule has 0 atom stereocenters. The monoisotopic (exact) mass is 396 g/mol. The Morgan fingerprint density at radius 2 is 1.56 bits per heavy atom. The summed E-state index contributed by atoms with van der Waals surface area (Å²) in [5.41, 5.74) is 6.07. The zero-order chi connectivity index (χ0) is 17.8. The molecule has 3 heteroatoms. The van der Waals surface area contributed by atoms with Crippen LogP contribution in [0.4, 0.5) is 4.39 Å². The molecule has 0 saturated carbocycles. The summed E-state index contributed by atoms with van der Waals surface area (Å²) in [6.45, 7) is 4.44. The van der Waals surface area contributed by atoms with Crippen LogP contribution in [-0.2, 0) is 5.41 Å². The molecule has 0 saturated heterocycles. The highest BCUT2D eigenvalue weighted by atomic mass is 79.9. The van der Waals surface area contributed by atoms with Crippen molar-refractivity contribution in [1.29, 1.82) is 0 Å². The molecule has 0 radical (unpaired) electrons. The van der Waals surface area contributed by atoms with E-state index in [1.807, 2.05) is 12.1 Å². The molecule has 3 aromatic rings. The largest absolute Gasteiger partial charge is 0.496 e. The van der Waals surface area contributed by atoms with Gasteiger partial charge < -0.3 is 4.74 Å². The van der Waals surface area contributed by atoms with Gasteiger partial charge in [0, 0.05) is 16.5 Å². The van der Waals surface area contributed by atoms with E-state index in [0.717, 1.165) is 11.1 Å². The molecule has 0 unspecified atom stereocenters. The Labute approximate surface area is 155 Å². The minimum Gasteiger partial charge on any atom is -0.496 e. The van der Waals surface area contributed by atoms with E-state index < -0.39 is 0 Å². The van der Waals surface area contributed by atoms with E-state index in [2.05, 4.69) is 60.1 Å². The predicted molar refractivity (Wildman–Crippen MR) is 104 cm³/mol. The zero-order valence-electron chi connectivity index (χ0n) is 14.4. The Balaban J connectivity index is 2.04. The average Bonchev–Trinajstić information content (AvgIpc) is 2.84. The number of benzene rings is 3. The van der Waals surface area contributed by atoms with Crippen molar-refractivity contribution >= 4 is 15.9 Å². The topological polar surface area (TPSA) is 9.23 Å². The third-order valence-corrected chi connectivity index (χ3v) is 5.76. The van der Waals surface area contributed by atoms with Crippen LogP contribution in [0, 0.1) is 5.82 Å². The first-order valence-corrected chi connectivity index (χ1v) is 9.01. The molecule has 0 N–H and O–H groups in total. The molecule has 0 fully saturated rings. The Morgan fingerprint density at radius 3 is 2.32 bits per heavy atom. The number of hydrogen-bond donors (Lipinski definition) is 0. The molecular formula is C22H18BrFO. The van der Waals surface area contributed by atoms with Gasteiger partial charge in [-0.15, -0.1) is 0 Å². The van der Waals surface area contributed by atoms with Crippen LogP contribution >= 0.6 is 15.9 Å². The van der Waals surface area contributed by atoms with Gasteiger partial charge in [0.1, 0.15) is 11.6 Å². The molecule has 126 valence electrons. The molecule has 0 amide bonds. The highest BCUT2D eigenvalue weighted by Crippen LogP contribution is 2.51. The van der Waals surface area contributed by atoms with Crippen LogP contribution in [0.1, 0.15) is 25.0 Å². The molecule has 1 nitrogen and oxygen atoms in total. The van der Waals surface area contributed by atoms with Gasteiger partial charge in [-0.05, 0) is 56.4 Å². The number of ether oxygens (including phenoxy) is 1. The summed E-state index contributed by atoms with van der Waals surface area (Å²) < 4.78 is 20.8. The molecule has 1 aliphatic rings. The lowest BCUT2D eigenvalue weighted by Gasteiger charge is -2.22. The summed E-state index contributed by atoms with van der Waals surface area (Å²) in [7, 11) is 1.64. The normalized spacial score (nSPS) is 14.1. The van der Waals surface area contributed by atoms with Crippen LogP contribution in [0.25, 0.3) is 22.3 Å². The van der Waals surface area contributed by atoms with Crippen molar-refractivity contribution < 1.29 is 9.13 Å². The van der Waals surface area contributed by atoms with Gasteiger partial charge in [-0.2, -0.15) is 0 Å². The number of fused-ring (bicyclic) bond motifs is 3. The first-order chi connectivity index (χ1) is 11.9. The maximum atomic E-state index is 14.7. The third kappa shape index (κ3) is 2.33. The fourth-order valence-corrected chi connectivity index (χ4v) is 4.19. The highest BCUT2D eigenvalue weighted by molar-refractivity contribution is 9.10. The molecule has 0 heterocycles. The Kier molecular flexibility index (Phi) is 3.73. The van der Waals surface area contributed by atoms with E-state index >= 15 is 0 Å². The van der Waals surface area contributed by atoms with E-state index in [9.17, 15) is 4.39 Å². The van der Waals surface area contributed by atoms with Crippen LogP contribution < -0.4 is 4.74 Å². The number of hydrogen-bond acceptors (Lipinski definition) is 1. The Morgan fingerprint density at radius 1 is 0.840 bits per heavy atom. The van der Waals surface area contributed by atoms with Gasteiger partial charge >= 0.3 is 0 Å². The van der Waals surface area contributed by atoms with Gasteiger partial charge in [-0.3, -0.25) is 0 Å². The summed E-state index contributed by atoms with van der Waals surface area (Å²) in [6, 6.07) is 17.9. The summed E-state index contributed by atoms with van der Waals surface area (Å²) in [5, 5.41) is 0. The van der Waals surface area contributed by atoms with Gasteiger partial charge in [-0.1, -0.05) is 50.2 Å². The van der Waals surface area contributed by atoms with Gasteiger partial charge in [0.15, 0.2) is 0 Å². The molecule has 3 aromatic carbocycles. The minimum atomic E-state index is -0.272. The number of rotatable bonds is 2.